The highest BCUT2D eigenvalue weighted by atomic mass is 19.3. The molecule has 0 atom stereocenters. The summed E-state index contributed by atoms with van der Waals surface area (Å²) in [6, 6.07) is 12.5. The van der Waals surface area contributed by atoms with E-state index in [0.717, 1.165) is 5.56 Å². The smallest absolute Gasteiger partial charge is 0.387 e. The van der Waals surface area contributed by atoms with Crippen LogP contribution in [0.1, 0.15) is 21.5 Å². The molecule has 0 saturated carbocycles. The van der Waals surface area contributed by atoms with Gasteiger partial charge >= 0.3 is 6.61 Å². The van der Waals surface area contributed by atoms with Gasteiger partial charge in [-0.25, -0.2) is 0 Å². The van der Waals surface area contributed by atoms with Gasteiger partial charge in [0.1, 0.15) is 5.75 Å². The van der Waals surface area contributed by atoms with E-state index in [9.17, 15) is 18.4 Å². The molecule has 0 spiro atoms. The van der Waals surface area contributed by atoms with Crippen molar-refractivity contribution in [3.05, 3.63) is 65.2 Å². The number of hydrogen-bond donors (Lipinski definition) is 2. The van der Waals surface area contributed by atoms with Crippen LogP contribution >= 0.6 is 0 Å². The second-order valence-corrected chi connectivity index (χ2v) is 5.04. The number of halogens is 2. The molecule has 5 nitrogen and oxygen atoms in total. The highest BCUT2D eigenvalue weighted by molar-refractivity contribution is 5.92. The number of rotatable bonds is 7. The first kappa shape index (κ1) is 17.4. The molecule has 0 aromatic heterocycles. The zero-order valence-corrected chi connectivity index (χ0v) is 12.7. The van der Waals surface area contributed by atoms with E-state index in [0.29, 0.717) is 11.1 Å². The molecule has 0 aliphatic carbocycles. The minimum Gasteiger partial charge on any atom is -0.435 e. The summed E-state index contributed by atoms with van der Waals surface area (Å²) in [5.74, 6) is -0.728. The molecule has 0 aliphatic rings. The highest BCUT2D eigenvalue weighted by Crippen LogP contribution is 2.15. The molecule has 0 bridgehead atoms. The summed E-state index contributed by atoms with van der Waals surface area (Å²) in [5, 5.41) is 2.72. The molecule has 0 radical (unpaired) electrons. The lowest BCUT2D eigenvalue weighted by Gasteiger charge is -2.08. The van der Waals surface area contributed by atoms with E-state index < -0.39 is 12.5 Å². The summed E-state index contributed by atoms with van der Waals surface area (Å²) >= 11 is 0. The summed E-state index contributed by atoms with van der Waals surface area (Å²) in [7, 11) is 0. The molecule has 2 rings (SSSR count). The van der Waals surface area contributed by atoms with E-state index in [2.05, 4.69) is 10.1 Å². The number of carbonyl (C=O) groups excluding carboxylic acids is 2. The van der Waals surface area contributed by atoms with Crippen LogP contribution in [0.5, 0.6) is 5.75 Å². The fourth-order valence-electron chi connectivity index (χ4n) is 2.07. The molecule has 2 aromatic carbocycles. The number of benzene rings is 2. The van der Waals surface area contributed by atoms with Gasteiger partial charge in [0.2, 0.25) is 11.8 Å². The van der Waals surface area contributed by atoms with Crippen LogP contribution in [0.15, 0.2) is 48.5 Å². The van der Waals surface area contributed by atoms with Crippen molar-refractivity contribution in [2.75, 3.05) is 0 Å². The van der Waals surface area contributed by atoms with Crippen LogP contribution in [0, 0.1) is 0 Å². The lowest BCUT2D eigenvalue weighted by atomic mass is 10.1. The topological polar surface area (TPSA) is 81.4 Å². The zero-order chi connectivity index (χ0) is 17.5. The average molecular weight is 334 g/mol. The van der Waals surface area contributed by atoms with Crippen molar-refractivity contribution in [2.45, 2.75) is 19.6 Å². The first-order valence-electron chi connectivity index (χ1n) is 7.13. The van der Waals surface area contributed by atoms with Gasteiger partial charge in [0.15, 0.2) is 0 Å². The Hall–Kier alpha value is -2.96. The van der Waals surface area contributed by atoms with Crippen LogP contribution in [0.4, 0.5) is 8.78 Å². The number of ether oxygens (including phenoxy) is 1. The molecule has 2 amide bonds. The molecule has 2 aromatic rings. The largest absolute Gasteiger partial charge is 0.435 e. The predicted octanol–water partition coefficient (Wildman–Crippen LogP) is 2.25. The Kier molecular flexibility index (Phi) is 5.83. The summed E-state index contributed by atoms with van der Waals surface area (Å²) < 4.78 is 28.3. The van der Waals surface area contributed by atoms with Crippen molar-refractivity contribution in [1.82, 2.24) is 5.32 Å². The number of alkyl halides is 2. The van der Waals surface area contributed by atoms with Gasteiger partial charge < -0.3 is 15.8 Å². The molecular formula is C17H16F2N2O3. The minimum atomic E-state index is -2.88. The van der Waals surface area contributed by atoms with E-state index in [-0.39, 0.29) is 24.6 Å². The van der Waals surface area contributed by atoms with Crippen LogP contribution in [0.3, 0.4) is 0 Å². The molecule has 24 heavy (non-hydrogen) atoms. The summed E-state index contributed by atoms with van der Waals surface area (Å²) in [4.78, 5) is 23.0. The van der Waals surface area contributed by atoms with E-state index in [1.165, 1.54) is 12.1 Å². The van der Waals surface area contributed by atoms with Gasteiger partial charge in [0.25, 0.3) is 0 Å². The highest BCUT2D eigenvalue weighted by Gasteiger charge is 2.07. The standard InChI is InChI=1S/C17H16F2N2O3/c18-17(19)24-14-6-4-11(5-7-14)9-15(22)21-10-12-2-1-3-13(8-12)16(20)23/h1-8,17H,9-10H2,(H2,20,23)(H,21,22). The van der Waals surface area contributed by atoms with E-state index >= 15 is 0 Å². The third-order valence-electron chi connectivity index (χ3n) is 3.21. The van der Waals surface area contributed by atoms with Gasteiger partial charge in [-0.3, -0.25) is 9.59 Å². The van der Waals surface area contributed by atoms with E-state index in [4.69, 9.17) is 5.73 Å². The first-order chi connectivity index (χ1) is 11.4. The molecule has 126 valence electrons. The molecule has 7 heteroatoms. The molecule has 0 fully saturated rings. The maximum atomic E-state index is 12.1. The normalized spacial score (nSPS) is 10.5. The Morgan fingerprint density at radius 1 is 1.08 bits per heavy atom. The summed E-state index contributed by atoms with van der Waals surface area (Å²) in [6.45, 7) is -2.62. The Labute approximate surface area is 137 Å². The van der Waals surface area contributed by atoms with Crippen molar-refractivity contribution in [1.29, 1.82) is 0 Å². The molecular weight excluding hydrogens is 318 g/mol. The Morgan fingerprint density at radius 2 is 1.79 bits per heavy atom. The third kappa shape index (κ3) is 5.35. The number of amides is 2. The van der Waals surface area contributed by atoms with Crippen molar-refractivity contribution in [2.24, 2.45) is 5.73 Å². The SMILES string of the molecule is NC(=O)c1cccc(CNC(=O)Cc2ccc(OC(F)F)cc2)c1. The predicted molar refractivity (Wildman–Crippen MR) is 83.6 cm³/mol. The molecule has 0 saturated heterocycles. The summed E-state index contributed by atoms with van der Waals surface area (Å²) in [5.41, 5.74) is 6.99. The van der Waals surface area contributed by atoms with Gasteiger partial charge in [-0.05, 0) is 35.4 Å². The van der Waals surface area contributed by atoms with Crippen LogP contribution in [-0.4, -0.2) is 18.4 Å². The summed E-state index contributed by atoms with van der Waals surface area (Å²) in [6.07, 6.45) is 0.102. The van der Waals surface area contributed by atoms with Gasteiger partial charge in [-0.2, -0.15) is 8.78 Å². The quantitative estimate of drug-likeness (QED) is 0.815. The third-order valence-corrected chi connectivity index (χ3v) is 3.21. The van der Waals surface area contributed by atoms with Crippen molar-refractivity contribution in [3.63, 3.8) is 0 Å². The second-order valence-electron chi connectivity index (χ2n) is 5.04. The Morgan fingerprint density at radius 3 is 2.42 bits per heavy atom. The van der Waals surface area contributed by atoms with Crippen LogP contribution < -0.4 is 15.8 Å². The van der Waals surface area contributed by atoms with Crippen molar-refractivity contribution in [3.8, 4) is 5.75 Å². The lowest BCUT2D eigenvalue weighted by molar-refractivity contribution is -0.120. The van der Waals surface area contributed by atoms with Crippen molar-refractivity contribution >= 4 is 11.8 Å². The number of hydrogen-bond acceptors (Lipinski definition) is 3. The second kappa shape index (κ2) is 8.05. The lowest BCUT2D eigenvalue weighted by Crippen LogP contribution is -2.24. The van der Waals surface area contributed by atoms with E-state index in [1.807, 2.05) is 0 Å². The molecule has 0 heterocycles. The number of carbonyl (C=O) groups is 2. The fourth-order valence-corrected chi connectivity index (χ4v) is 2.07. The Bertz CT molecular complexity index is 718. The zero-order valence-electron chi connectivity index (χ0n) is 12.7. The van der Waals surface area contributed by atoms with Crippen LogP contribution in [0.2, 0.25) is 0 Å². The molecule has 0 unspecified atom stereocenters. The molecule has 3 N–H and O–H groups in total. The fraction of sp³-hybridized carbons (Fsp3) is 0.176. The monoisotopic (exact) mass is 334 g/mol. The maximum Gasteiger partial charge on any atom is 0.387 e. The van der Waals surface area contributed by atoms with Gasteiger partial charge in [0.05, 0.1) is 6.42 Å². The number of nitrogens with two attached hydrogens (primary N) is 1. The molecule has 0 aliphatic heterocycles. The maximum absolute atomic E-state index is 12.1. The van der Waals surface area contributed by atoms with Crippen LogP contribution in [-0.2, 0) is 17.8 Å². The average Bonchev–Trinajstić information content (AvgIpc) is 2.54. The minimum absolute atomic E-state index is 0.0393. The van der Waals surface area contributed by atoms with Crippen molar-refractivity contribution < 1.29 is 23.1 Å². The number of primary amides is 1. The van der Waals surface area contributed by atoms with Gasteiger partial charge in [-0.1, -0.05) is 24.3 Å². The first-order valence-corrected chi connectivity index (χ1v) is 7.13. The van der Waals surface area contributed by atoms with Gasteiger partial charge in [0, 0.05) is 12.1 Å². The van der Waals surface area contributed by atoms with E-state index in [1.54, 1.807) is 36.4 Å². The number of nitrogens with one attached hydrogen (secondary N) is 1. The van der Waals surface area contributed by atoms with Crippen LogP contribution in [0.25, 0.3) is 0 Å². The Balaban J connectivity index is 1.87. The van der Waals surface area contributed by atoms with Gasteiger partial charge in [-0.15, -0.1) is 0 Å².